The van der Waals surface area contributed by atoms with Crippen molar-refractivity contribution < 1.29 is 13.6 Å². The Balaban J connectivity index is 1.61. The van der Waals surface area contributed by atoms with Crippen LogP contribution in [0.3, 0.4) is 0 Å². The Labute approximate surface area is 157 Å². The Bertz CT molecular complexity index is 850. The summed E-state index contributed by atoms with van der Waals surface area (Å²) in [6, 6.07) is 9.54. The van der Waals surface area contributed by atoms with E-state index in [1.807, 2.05) is 17.0 Å². The number of halogens is 2. The Morgan fingerprint density at radius 1 is 1.30 bits per heavy atom. The number of fused-ring (bicyclic) bond motifs is 1. The summed E-state index contributed by atoms with van der Waals surface area (Å²) in [5, 5.41) is 7.35. The van der Waals surface area contributed by atoms with E-state index in [-0.39, 0.29) is 24.2 Å². The Morgan fingerprint density at radius 3 is 2.78 bits per heavy atom. The number of aromatic nitrogens is 2. The SMILES string of the molecule is Cc1ccccc1[C@@H]1[C@H]2CNC[C@H]2CN1C(=O)Cn1nc(C(F)F)cc1C. The van der Waals surface area contributed by atoms with Gasteiger partial charge in [0.2, 0.25) is 5.91 Å². The largest absolute Gasteiger partial charge is 0.333 e. The monoisotopic (exact) mass is 374 g/mol. The summed E-state index contributed by atoms with van der Waals surface area (Å²) in [5.74, 6) is 0.740. The summed E-state index contributed by atoms with van der Waals surface area (Å²) in [6.45, 7) is 6.26. The molecular weight excluding hydrogens is 350 g/mol. The van der Waals surface area contributed by atoms with E-state index >= 15 is 0 Å². The second-order valence-corrected chi connectivity index (χ2v) is 7.60. The van der Waals surface area contributed by atoms with Gasteiger partial charge in [-0.15, -0.1) is 0 Å². The molecule has 0 unspecified atom stereocenters. The van der Waals surface area contributed by atoms with Gasteiger partial charge >= 0.3 is 0 Å². The molecule has 2 aliphatic heterocycles. The van der Waals surface area contributed by atoms with E-state index in [0.29, 0.717) is 24.1 Å². The molecule has 0 aliphatic carbocycles. The van der Waals surface area contributed by atoms with E-state index in [2.05, 4.69) is 29.5 Å². The molecule has 4 rings (SSSR count). The highest BCUT2D eigenvalue weighted by atomic mass is 19.3. The van der Waals surface area contributed by atoms with Crippen LogP contribution in [0.2, 0.25) is 0 Å². The summed E-state index contributed by atoms with van der Waals surface area (Å²) in [5.41, 5.74) is 2.64. The van der Waals surface area contributed by atoms with Crippen molar-refractivity contribution in [3.8, 4) is 0 Å². The van der Waals surface area contributed by atoms with Gasteiger partial charge in [0, 0.05) is 31.2 Å². The molecule has 1 aromatic carbocycles. The first-order chi connectivity index (χ1) is 13.0. The van der Waals surface area contributed by atoms with E-state index in [4.69, 9.17) is 0 Å². The molecular formula is C20H24F2N4O. The molecule has 0 bridgehead atoms. The molecule has 3 atom stereocenters. The van der Waals surface area contributed by atoms with E-state index in [0.717, 1.165) is 13.1 Å². The number of alkyl halides is 2. The van der Waals surface area contributed by atoms with Gasteiger partial charge in [-0.1, -0.05) is 24.3 Å². The van der Waals surface area contributed by atoms with Gasteiger partial charge < -0.3 is 10.2 Å². The minimum Gasteiger partial charge on any atom is -0.333 e. The minimum atomic E-state index is -2.63. The highest BCUT2D eigenvalue weighted by molar-refractivity contribution is 5.77. The summed E-state index contributed by atoms with van der Waals surface area (Å²) < 4.78 is 27.2. The van der Waals surface area contributed by atoms with Crippen molar-refractivity contribution in [1.82, 2.24) is 20.0 Å². The number of likely N-dealkylation sites (tertiary alicyclic amines) is 1. The number of benzene rings is 1. The number of carbonyl (C=O) groups excluding carboxylic acids is 1. The lowest BCUT2D eigenvalue weighted by Gasteiger charge is -2.29. The Hall–Kier alpha value is -2.28. The van der Waals surface area contributed by atoms with Crippen molar-refractivity contribution in [2.45, 2.75) is 32.9 Å². The van der Waals surface area contributed by atoms with Gasteiger partial charge in [0.25, 0.3) is 6.43 Å². The molecule has 2 aromatic rings. The first-order valence-electron chi connectivity index (χ1n) is 9.34. The zero-order valence-corrected chi connectivity index (χ0v) is 15.5. The standard InChI is InChI=1S/C20H24F2N4O/c1-12-5-3-4-6-15(12)19-16-9-23-8-14(16)10-25(19)18(27)11-26-13(2)7-17(24-26)20(21)22/h3-7,14,16,19-20,23H,8-11H2,1-2H3/t14-,16-,19+/m0/s1. The lowest BCUT2D eigenvalue weighted by Crippen LogP contribution is -2.37. The van der Waals surface area contributed by atoms with Crippen molar-refractivity contribution in [1.29, 1.82) is 0 Å². The van der Waals surface area contributed by atoms with Crippen molar-refractivity contribution >= 4 is 5.91 Å². The van der Waals surface area contributed by atoms with Crippen molar-refractivity contribution in [2.24, 2.45) is 11.8 Å². The van der Waals surface area contributed by atoms with Gasteiger partial charge in [0.05, 0.1) is 6.04 Å². The van der Waals surface area contributed by atoms with Crippen LogP contribution in [0, 0.1) is 25.7 Å². The number of aryl methyl sites for hydroxylation is 2. The minimum absolute atomic E-state index is 0.00615. The highest BCUT2D eigenvalue weighted by Crippen LogP contribution is 2.43. The molecule has 2 saturated heterocycles. The van der Waals surface area contributed by atoms with Crippen molar-refractivity contribution in [2.75, 3.05) is 19.6 Å². The summed E-state index contributed by atoms with van der Waals surface area (Å²) in [7, 11) is 0. The summed E-state index contributed by atoms with van der Waals surface area (Å²) in [6.07, 6.45) is -2.63. The van der Waals surface area contributed by atoms with E-state index < -0.39 is 6.43 Å². The first-order valence-corrected chi connectivity index (χ1v) is 9.34. The van der Waals surface area contributed by atoms with Gasteiger partial charge in [0.15, 0.2) is 0 Å². The van der Waals surface area contributed by atoms with Gasteiger partial charge in [-0.25, -0.2) is 8.78 Å². The van der Waals surface area contributed by atoms with Crippen LogP contribution in [-0.2, 0) is 11.3 Å². The molecule has 0 radical (unpaired) electrons. The molecule has 0 saturated carbocycles. The normalized spacial score (nSPS) is 24.6. The van der Waals surface area contributed by atoms with Gasteiger partial charge in [-0.3, -0.25) is 9.48 Å². The maximum absolute atomic E-state index is 13.1. The van der Waals surface area contributed by atoms with Crippen LogP contribution >= 0.6 is 0 Å². The second-order valence-electron chi connectivity index (χ2n) is 7.60. The summed E-state index contributed by atoms with van der Waals surface area (Å²) >= 11 is 0. The third kappa shape index (κ3) is 3.25. The number of hydrogen-bond donors (Lipinski definition) is 1. The number of nitrogens with one attached hydrogen (secondary N) is 1. The molecule has 3 heterocycles. The molecule has 1 amide bonds. The van der Waals surface area contributed by atoms with Crippen LogP contribution in [0.5, 0.6) is 0 Å². The maximum Gasteiger partial charge on any atom is 0.282 e. The third-order valence-corrected chi connectivity index (χ3v) is 5.90. The molecule has 27 heavy (non-hydrogen) atoms. The number of rotatable bonds is 4. The number of nitrogens with zero attached hydrogens (tertiary/aromatic N) is 3. The summed E-state index contributed by atoms with van der Waals surface area (Å²) in [4.78, 5) is 15.1. The quantitative estimate of drug-likeness (QED) is 0.895. The van der Waals surface area contributed by atoms with Crippen LogP contribution in [-0.4, -0.2) is 40.2 Å². The topological polar surface area (TPSA) is 50.2 Å². The van der Waals surface area contributed by atoms with Crippen LogP contribution in [0.1, 0.15) is 35.0 Å². The van der Waals surface area contributed by atoms with E-state index in [1.54, 1.807) is 6.92 Å². The zero-order valence-electron chi connectivity index (χ0n) is 15.5. The van der Waals surface area contributed by atoms with Crippen LogP contribution < -0.4 is 5.32 Å². The van der Waals surface area contributed by atoms with E-state index in [1.165, 1.54) is 21.9 Å². The van der Waals surface area contributed by atoms with E-state index in [9.17, 15) is 13.6 Å². The molecule has 5 nitrogen and oxygen atoms in total. The fourth-order valence-electron chi connectivity index (χ4n) is 4.52. The number of carbonyl (C=O) groups is 1. The molecule has 144 valence electrons. The van der Waals surface area contributed by atoms with Gasteiger partial charge in [-0.2, -0.15) is 5.10 Å². The lowest BCUT2D eigenvalue weighted by molar-refractivity contribution is -0.133. The van der Waals surface area contributed by atoms with Crippen molar-refractivity contribution in [3.63, 3.8) is 0 Å². The first kappa shape index (κ1) is 18.1. The predicted molar refractivity (Wildman–Crippen MR) is 97.4 cm³/mol. The molecule has 2 fully saturated rings. The molecule has 0 spiro atoms. The fourth-order valence-corrected chi connectivity index (χ4v) is 4.52. The predicted octanol–water partition coefficient (Wildman–Crippen LogP) is 2.86. The Kier molecular flexibility index (Phi) is 4.72. The highest BCUT2D eigenvalue weighted by Gasteiger charge is 2.47. The average Bonchev–Trinajstić information content (AvgIpc) is 3.30. The number of hydrogen-bond acceptors (Lipinski definition) is 3. The lowest BCUT2D eigenvalue weighted by atomic mass is 9.87. The fraction of sp³-hybridized carbons (Fsp3) is 0.500. The molecule has 1 N–H and O–H groups in total. The number of amides is 1. The maximum atomic E-state index is 13.1. The average molecular weight is 374 g/mol. The second kappa shape index (κ2) is 7.03. The molecule has 1 aromatic heterocycles. The van der Waals surface area contributed by atoms with Crippen molar-refractivity contribution in [3.05, 3.63) is 52.8 Å². The molecule has 2 aliphatic rings. The van der Waals surface area contributed by atoms with Gasteiger partial charge in [-0.05, 0) is 37.0 Å². The molecule has 7 heteroatoms. The smallest absolute Gasteiger partial charge is 0.282 e. The van der Waals surface area contributed by atoms with Crippen LogP contribution in [0.25, 0.3) is 0 Å². The zero-order chi connectivity index (χ0) is 19.1. The van der Waals surface area contributed by atoms with Crippen LogP contribution in [0.4, 0.5) is 8.78 Å². The van der Waals surface area contributed by atoms with Crippen LogP contribution in [0.15, 0.2) is 30.3 Å². The van der Waals surface area contributed by atoms with Gasteiger partial charge in [0.1, 0.15) is 12.2 Å². The third-order valence-electron chi connectivity index (χ3n) is 5.90. The Morgan fingerprint density at radius 2 is 2.07 bits per heavy atom.